The van der Waals surface area contributed by atoms with Crippen LogP contribution in [0.25, 0.3) is 10.9 Å². The molecule has 0 aliphatic rings. The molecule has 1 atom stereocenters. The average Bonchev–Trinajstić information content (AvgIpc) is 2.43. The second kappa shape index (κ2) is 3.95. The predicted octanol–water partition coefficient (Wildman–Crippen LogP) is 2.68. The minimum Gasteiger partial charge on any atom is -0.348 e. The second-order valence-electron chi connectivity index (χ2n) is 4.80. The Bertz CT molecular complexity index is 521. The first-order valence-corrected chi connectivity index (χ1v) is 5.80. The number of nitrogens with two attached hydrogens (primary N) is 1. The molecule has 86 valence electrons. The zero-order chi connectivity index (χ0) is 11.9. The number of rotatable bonds is 2. The van der Waals surface area contributed by atoms with Gasteiger partial charge in [0.2, 0.25) is 0 Å². The molecule has 0 aliphatic heterocycles. The van der Waals surface area contributed by atoms with Crippen molar-refractivity contribution in [2.75, 3.05) is 0 Å². The summed E-state index contributed by atoms with van der Waals surface area (Å²) in [5, 5.41) is 1.36. The Morgan fingerprint density at radius 2 is 2.00 bits per heavy atom. The van der Waals surface area contributed by atoms with E-state index in [1.54, 1.807) is 0 Å². The summed E-state index contributed by atoms with van der Waals surface area (Å²) >= 11 is 0. The summed E-state index contributed by atoms with van der Waals surface area (Å²) < 4.78 is 2.25. The van der Waals surface area contributed by atoms with Gasteiger partial charge in [-0.15, -0.1) is 0 Å². The lowest BCUT2D eigenvalue weighted by Crippen LogP contribution is -2.17. The van der Waals surface area contributed by atoms with Gasteiger partial charge in [-0.25, -0.2) is 0 Å². The van der Waals surface area contributed by atoms with E-state index < -0.39 is 0 Å². The second-order valence-corrected chi connectivity index (χ2v) is 4.80. The molecule has 2 rings (SSSR count). The number of hydrogen-bond donors (Lipinski definition) is 1. The molecule has 0 bridgehead atoms. The number of nitrogens with zero attached hydrogens (tertiary/aromatic N) is 1. The summed E-state index contributed by atoms with van der Waals surface area (Å²) in [6.45, 7) is 6.40. The maximum atomic E-state index is 5.84. The van der Waals surface area contributed by atoms with E-state index in [1.807, 2.05) is 6.92 Å². The van der Waals surface area contributed by atoms with Crippen molar-refractivity contribution in [3.8, 4) is 0 Å². The standard InChI is InChI=1S/C14H20N2/c1-9(15)7-12-5-6-14-13(8-12)10(2)11(3)16(14)4/h5-6,8-9H,7,15H2,1-4H3. The number of aromatic nitrogens is 1. The molecule has 2 heteroatoms. The third-order valence-electron chi connectivity index (χ3n) is 3.43. The van der Waals surface area contributed by atoms with Crippen LogP contribution in [-0.4, -0.2) is 10.6 Å². The summed E-state index contributed by atoms with van der Waals surface area (Å²) in [7, 11) is 2.12. The van der Waals surface area contributed by atoms with E-state index >= 15 is 0 Å². The van der Waals surface area contributed by atoms with Crippen LogP contribution in [0.4, 0.5) is 0 Å². The lowest BCUT2D eigenvalue weighted by atomic mass is 10.0. The van der Waals surface area contributed by atoms with E-state index in [1.165, 1.54) is 27.7 Å². The minimum atomic E-state index is 0.225. The van der Waals surface area contributed by atoms with Gasteiger partial charge in [0.15, 0.2) is 0 Å². The van der Waals surface area contributed by atoms with E-state index in [2.05, 4.69) is 43.7 Å². The van der Waals surface area contributed by atoms with Gasteiger partial charge in [0.05, 0.1) is 0 Å². The Hall–Kier alpha value is -1.28. The van der Waals surface area contributed by atoms with Gasteiger partial charge in [0, 0.05) is 29.7 Å². The van der Waals surface area contributed by atoms with E-state index in [0.29, 0.717) is 0 Å². The summed E-state index contributed by atoms with van der Waals surface area (Å²) in [5.41, 5.74) is 11.2. The summed E-state index contributed by atoms with van der Waals surface area (Å²) in [6.07, 6.45) is 0.948. The zero-order valence-electron chi connectivity index (χ0n) is 10.5. The normalized spacial score (nSPS) is 13.3. The van der Waals surface area contributed by atoms with Gasteiger partial charge in [0.25, 0.3) is 0 Å². The Labute approximate surface area is 97.1 Å². The molecule has 0 radical (unpaired) electrons. The van der Waals surface area contributed by atoms with Crippen LogP contribution in [0.2, 0.25) is 0 Å². The average molecular weight is 216 g/mol. The van der Waals surface area contributed by atoms with Gasteiger partial charge < -0.3 is 10.3 Å². The van der Waals surface area contributed by atoms with Crippen LogP contribution >= 0.6 is 0 Å². The molecule has 0 aliphatic carbocycles. The van der Waals surface area contributed by atoms with Crippen molar-refractivity contribution in [3.63, 3.8) is 0 Å². The Morgan fingerprint density at radius 1 is 1.31 bits per heavy atom. The van der Waals surface area contributed by atoms with Crippen LogP contribution in [-0.2, 0) is 13.5 Å². The Kier molecular flexibility index (Phi) is 2.76. The van der Waals surface area contributed by atoms with Gasteiger partial charge >= 0.3 is 0 Å². The lowest BCUT2D eigenvalue weighted by molar-refractivity contribution is 0.739. The summed E-state index contributed by atoms with van der Waals surface area (Å²) in [5.74, 6) is 0. The first-order valence-electron chi connectivity index (χ1n) is 5.80. The van der Waals surface area contributed by atoms with Crippen LogP contribution in [0, 0.1) is 13.8 Å². The third kappa shape index (κ3) is 1.74. The Balaban J connectivity index is 2.58. The van der Waals surface area contributed by atoms with Crippen LogP contribution in [0.1, 0.15) is 23.7 Å². The predicted molar refractivity (Wildman–Crippen MR) is 69.7 cm³/mol. The molecule has 0 amide bonds. The fourth-order valence-corrected chi connectivity index (χ4v) is 2.30. The van der Waals surface area contributed by atoms with Crippen molar-refractivity contribution >= 4 is 10.9 Å². The molecule has 2 aromatic rings. The van der Waals surface area contributed by atoms with Crippen LogP contribution in [0.3, 0.4) is 0 Å². The number of fused-ring (bicyclic) bond motifs is 1. The summed E-state index contributed by atoms with van der Waals surface area (Å²) in [4.78, 5) is 0. The highest BCUT2D eigenvalue weighted by molar-refractivity contribution is 5.85. The molecular weight excluding hydrogens is 196 g/mol. The highest BCUT2D eigenvalue weighted by Crippen LogP contribution is 2.25. The molecule has 1 heterocycles. The quantitative estimate of drug-likeness (QED) is 0.822. The topological polar surface area (TPSA) is 30.9 Å². The lowest BCUT2D eigenvalue weighted by Gasteiger charge is -2.05. The molecule has 1 aromatic carbocycles. The fourth-order valence-electron chi connectivity index (χ4n) is 2.30. The van der Waals surface area contributed by atoms with Gasteiger partial charge in [-0.1, -0.05) is 6.07 Å². The molecule has 2 nitrogen and oxygen atoms in total. The molecule has 1 aromatic heterocycles. The molecule has 2 N–H and O–H groups in total. The highest BCUT2D eigenvalue weighted by atomic mass is 14.9. The van der Waals surface area contributed by atoms with Crippen molar-refractivity contribution in [1.82, 2.24) is 4.57 Å². The van der Waals surface area contributed by atoms with Crippen molar-refractivity contribution in [2.45, 2.75) is 33.2 Å². The third-order valence-corrected chi connectivity index (χ3v) is 3.43. The SMILES string of the molecule is Cc1c(C)n(C)c2ccc(CC(C)N)cc12. The molecule has 1 unspecified atom stereocenters. The van der Waals surface area contributed by atoms with Crippen LogP contribution < -0.4 is 5.73 Å². The van der Waals surface area contributed by atoms with Gasteiger partial charge in [-0.05, 0) is 50.5 Å². The highest BCUT2D eigenvalue weighted by Gasteiger charge is 2.08. The maximum Gasteiger partial charge on any atom is 0.0482 e. The number of benzene rings is 1. The van der Waals surface area contributed by atoms with Gasteiger partial charge in [-0.2, -0.15) is 0 Å². The first kappa shape index (κ1) is 11.2. The van der Waals surface area contributed by atoms with E-state index in [4.69, 9.17) is 5.73 Å². The maximum absolute atomic E-state index is 5.84. The molecule has 0 saturated heterocycles. The van der Waals surface area contributed by atoms with Crippen molar-refractivity contribution < 1.29 is 0 Å². The molecular formula is C14H20N2. The number of aryl methyl sites for hydroxylation is 2. The largest absolute Gasteiger partial charge is 0.348 e. The minimum absolute atomic E-state index is 0.225. The van der Waals surface area contributed by atoms with Crippen molar-refractivity contribution in [3.05, 3.63) is 35.0 Å². The van der Waals surface area contributed by atoms with Crippen molar-refractivity contribution in [2.24, 2.45) is 12.8 Å². The molecule has 0 saturated carbocycles. The molecule has 16 heavy (non-hydrogen) atoms. The van der Waals surface area contributed by atoms with Gasteiger partial charge in [0.1, 0.15) is 0 Å². The van der Waals surface area contributed by atoms with Crippen LogP contribution in [0.15, 0.2) is 18.2 Å². The van der Waals surface area contributed by atoms with E-state index in [-0.39, 0.29) is 6.04 Å². The van der Waals surface area contributed by atoms with Crippen molar-refractivity contribution in [1.29, 1.82) is 0 Å². The smallest absolute Gasteiger partial charge is 0.0482 e. The van der Waals surface area contributed by atoms with E-state index in [0.717, 1.165) is 6.42 Å². The zero-order valence-corrected chi connectivity index (χ0v) is 10.5. The Morgan fingerprint density at radius 3 is 2.62 bits per heavy atom. The first-order chi connectivity index (χ1) is 7.50. The fraction of sp³-hybridized carbons (Fsp3) is 0.429. The van der Waals surface area contributed by atoms with E-state index in [9.17, 15) is 0 Å². The van der Waals surface area contributed by atoms with Crippen LogP contribution in [0.5, 0.6) is 0 Å². The molecule has 0 spiro atoms. The monoisotopic (exact) mass is 216 g/mol. The number of hydrogen-bond acceptors (Lipinski definition) is 1. The summed E-state index contributed by atoms with van der Waals surface area (Å²) in [6, 6.07) is 6.89. The van der Waals surface area contributed by atoms with Gasteiger partial charge in [-0.3, -0.25) is 0 Å². The molecule has 0 fully saturated rings.